The van der Waals surface area contributed by atoms with Gasteiger partial charge < -0.3 is 14.0 Å². The number of para-hydroxylation sites is 5. The van der Waals surface area contributed by atoms with Gasteiger partial charge in [-0.25, -0.2) is 0 Å². The Morgan fingerprint density at radius 2 is 0.758 bits per heavy atom. The van der Waals surface area contributed by atoms with Crippen molar-refractivity contribution >= 4 is 71.4 Å². The Morgan fingerprint density at radius 1 is 0.290 bits per heavy atom. The normalized spacial score (nSPS) is 12.1. The van der Waals surface area contributed by atoms with Crippen molar-refractivity contribution in [3.05, 3.63) is 259 Å². The molecule has 3 nitrogen and oxygen atoms in total. The molecular formula is C59H41N3. The second-order valence-corrected chi connectivity index (χ2v) is 16.1. The molecule has 62 heavy (non-hydrogen) atoms. The van der Waals surface area contributed by atoms with Gasteiger partial charge in [0, 0.05) is 55.6 Å². The van der Waals surface area contributed by atoms with Gasteiger partial charge in [0.25, 0.3) is 0 Å². The molecule has 2 heterocycles. The van der Waals surface area contributed by atoms with E-state index in [1.807, 2.05) is 0 Å². The van der Waals surface area contributed by atoms with E-state index in [2.05, 4.69) is 257 Å². The van der Waals surface area contributed by atoms with Gasteiger partial charge in [-0.1, -0.05) is 158 Å². The molecule has 1 unspecified atom stereocenters. The number of rotatable bonds is 8. The summed E-state index contributed by atoms with van der Waals surface area (Å²) in [5.74, 6) is -0.0102. The molecule has 292 valence electrons. The van der Waals surface area contributed by atoms with E-state index in [-0.39, 0.29) is 5.92 Å². The molecule has 0 spiro atoms. The zero-order valence-electron chi connectivity index (χ0n) is 34.0. The van der Waals surface area contributed by atoms with Crippen LogP contribution in [-0.2, 0) is 0 Å². The Morgan fingerprint density at radius 3 is 1.37 bits per heavy atom. The van der Waals surface area contributed by atoms with E-state index in [9.17, 15) is 0 Å². The lowest BCUT2D eigenvalue weighted by atomic mass is 9.82. The minimum Gasteiger partial charge on any atom is -0.310 e. The standard InChI is InChI=1S/C59H41N3/c1-5-19-41(20-6-1)59(42-33-36-57-52(39-42)49-29-15-17-31-54(49)61(57)44-23-9-3-10-24-44)51-35-38-56(48-28-14-13-27-47(48)51)60(43-21-7-2-8-22-43)46-34-37-58-53(40-46)50-30-16-18-32-55(50)62(58)45-25-11-4-12-26-45/h1-40,59H. The topological polar surface area (TPSA) is 13.1 Å². The van der Waals surface area contributed by atoms with E-state index < -0.39 is 0 Å². The predicted molar refractivity (Wildman–Crippen MR) is 261 cm³/mol. The Kier molecular flexibility index (Phi) is 8.57. The van der Waals surface area contributed by atoms with Crippen LogP contribution in [0.5, 0.6) is 0 Å². The molecule has 3 heteroatoms. The first-order chi connectivity index (χ1) is 30.8. The zero-order valence-corrected chi connectivity index (χ0v) is 34.0. The van der Waals surface area contributed by atoms with Gasteiger partial charge in [0.05, 0.1) is 27.8 Å². The molecule has 0 saturated heterocycles. The molecule has 10 aromatic carbocycles. The lowest BCUT2D eigenvalue weighted by Gasteiger charge is -2.29. The summed E-state index contributed by atoms with van der Waals surface area (Å²) in [5.41, 5.74) is 14.3. The van der Waals surface area contributed by atoms with Crippen molar-refractivity contribution in [3.8, 4) is 11.4 Å². The number of fused-ring (bicyclic) bond motifs is 7. The number of hydrogen-bond donors (Lipinski definition) is 0. The fraction of sp³-hybridized carbons (Fsp3) is 0.0169. The highest BCUT2D eigenvalue weighted by atomic mass is 15.1. The molecule has 0 N–H and O–H groups in total. The quantitative estimate of drug-likeness (QED) is 0.140. The molecule has 0 radical (unpaired) electrons. The molecule has 0 aliphatic rings. The van der Waals surface area contributed by atoms with E-state index in [0.29, 0.717) is 0 Å². The zero-order chi connectivity index (χ0) is 41.0. The number of anilines is 3. The predicted octanol–water partition coefficient (Wildman–Crippen LogP) is 15.7. The van der Waals surface area contributed by atoms with Gasteiger partial charge in [0.15, 0.2) is 0 Å². The van der Waals surface area contributed by atoms with E-state index in [1.54, 1.807) is 0 Å². The van der Waals surface area contributed by atoms with E-state index in [1.165, 1.54) is 71.1 Å². The van der Waals surface area contributed by atoms with Crippen LogP contribution >= 0.6 is 0 Å². The van der Waals surface area contributed by atoms with Crippen LogP contribution in [0.3, 0.4) is 0 Å². The van der Waals surface area contributed by atoms with Crippen molar-refractivity contribution in [1.82, 2.24) is 9.13 Å². The van der Waals surface area contributed by atoms with Crippen LogP contribution in [0, 0.1) is 0 Å². The Bertz CT molecular complexity index is 3330. The number of aromatic nitrogens is 2. The summed E-state index contributed by atoms with van der Waals surface area (Å²) in [7, 11) is 0. The third-order valence-electron chi connectivity index (χ3n) is 12.6. The van der Waals surface area contributed by atoms with Gasteiger partial charge >= 0.3 is 0 Å². The fourth-order valence-electron chi connectivity index (χ4n) is 9.94. The van der Waals surface area contributed by atoms with Crippen LogP contribution < -0.4 is 4.90 Å². The molecule has 0 bridgehead atoms. The second kappa shape index (κ2) is 14.8. The maximum atomic E-state index is 2.44. The molecule has 12 aromatic rings. The number of hydrogen-bond acceptors (Lipinski definition) is 1. The summed E-state index contributed by atoms with van der Waals surface area (Å²) >= 11 is 0. The van der Waals surface area contributed by atoms with Crippen molar-refractivity contribution in [2.75, 3.05) is 4.90 Å². The van der Waals surface area contributed by atoms with Crippen LogP contribution in [0.1, 0.15) is 22.6 Å². The van der Waals surface area contributed by atoms with Gasteiger partial charge in [-0.15, -0.1) is 0 Å². The van der Waals surface area contributed by atoms with Crippen LogP contribution in [0.4, 0.5) is 17.1 Å². The van der Waals surface area contributed by atoms with Crippen LogP contribution in [0.15, 0.2) is 243 Å². The molecule has 2 aromatic heterocycles. The van der Waals surface area contributed by atoms with Crippen LogP contribution in [0.25, 0.3) is 65.8 Å². The lowest BCUT2D eigenvalue weighted by molar-refractivity contribution is 0.991. The molecule has 0 aliphatic heterocycles. The average Bonchev–Trinajstić information content (AvgIpc) is 3.86. The van der Waals surface area contributed by atoms with E-state index >= 15 is 0 Å². The molecule has 0 saturated carbocycles. The summed E-state index contributed by atoms with van der Waals surface area (Å²) < 4.78 is 4.77. The summed E-state index contributed by atoms with van der Waals surface area (Å²) in [6.07, 6.45) is 0. The Hall–Kier alpha value is -8.14. The van der Waals surface area contributed by atoms with Crippen molar-refractivity contribution in [2.45, 2.75) is 5.92 Å². The first-order valence-electron chi connectivity index (χ1n) is 21.4. The fourth-order valence-corrected chi connectivity index (χ4v) is 9.94. The highest BCUT2D eigenvalue weighted by Gasteiger charge is 2.25. The van der Waals surface area contributed by atoms with E-state index in [0.717, 1.165) is 28.4 Å². The Balaban J connectivity index is 1.06. The minimum absolute atomic E-state index is 0.0102. The summed E-state index contributed by atoms with van der Waals surface area (Å²) in [5, 5.41) is 7.38. The van der Waals surface area contributed by atoms with Gasteiger partial charge in [0.2, 0.25) is 0 Å². The van der Waals surface area contributed by atoms with Gasteiger partial charge in [0.1, 0.15) is 0 Å². The van der Waals surface area contributed by atoms with Crippen LogP contribution in [0.2, 0.25) is 0 Å². The van der Waals surface area contributed by atoms with Gasteiger partial charge in [-0.3, -0.25) is 0 Å². The first kappa shape index (κ1) is 35.8. The van der Waals surface area contributed by atoms with Gasteiger partial charge in [-0.05, 0) is 107 Å². The summed E-state index contributed by atoms with van der Waals surface area (Å²) in [6, 6.07) is 88.5. The third-order valence-corrected chi connectivity index (χ3v) is 12.6. The summed E-state index contributed by atoms with van der Waals surface area (Å²) in [4.78, 5) is 2.43. The van der Waals surface area contributed by atoms with Crippen LogP contribution in [-0.4, -0.2) is 9.13 Å². The molecule has 0 fully saturated rings. The van der Waals surface area contributed by atoms with Crippen molar-refractivity contribution < 1.29 is 0 Å². The maximum absolute atomic E-state index is 2.44. The van der Waals surface area contributed by atoms with Gasteiger partial charge in [-0.2, -0.15) is 0 Å². The third kappa shape index (κ3) is 5.82. The molecule has 0 aliphatic carbocycles. The minimum atomic E-state index is -0.0102. The van der Waals surface area contributed by atoms with E-state index in [4.69, 9.17) is 0 Å². The molecule has 12 rings (SSSR count). The summed E-state index contributed by atoms with van der Waals surface area (Å²) in [6.45, 7) is 0. The van der Waals surface area contributed by atoms with Crippen molar-refractivity contribution in [3.63, 3.8) is 0 Å². The lowest BCUT2D eigenvalue weighted by Crippen LogP contribution is -2.12. The van der Waals surface area contributed by atoms with Crippen molar-refractivity contribution in [2.24, 2.45) is 0 Å². The Labute approximate surface area is 360 Å². The number of benzene rings is 10. The number of nitrogens with zero attached hydrogens (tertiary/aromatic N) is 3. The second-order valence-electron chi connectivity index (χ2n) is 16.1. The SMILES string of the molecule is c1ccc(C(c2ccc3c(c2)c2ccccc2n3-c2ccccc2)c2ccc(N(c3ccccc3)c3ccc4c(c3)c3ccccc3n4-c3ccccc3)c3ccccc23)cc1. The first-order valence-corrected chi connectivity index (χ1v) is 21.4. The maximum Gasteiger partial charge on any atom is 0.0542 e. The monoisotopic (exact) mass is 791 g/mol. The molecular weight excluding hydrogens is 751 g/mol. The molecule has 0 amide bonds. The largest absolute Gasteiger partial charge is 0.310 e. The van der Waals surface area contributed by atoms with Crippen molar-refractivity contribution in [1.29, 1.82) is 0 Å². The highest BCUT2D eigenvalue weighted by Crippen LogP contribution is 2.46. The average molecular weight is 792 g/mol. The molecule has 1 atom stereocenters. The highest BCUT2D eigenvalue weighted by molar-refractivity contribution is 6.12. The smallest absolute Gasteiger partial charge is 0.0542 e.